The van der Waals surface area contributed by atoms with E-state index in [4.69, 9.17) is 4.74 Å². The van der Waals surface area contributed by atoms with Crippen LogP contribution < -0.4 is 0 Å². The Kier molecular flexibility index (Phi) is 12.5. The first kappa shape index (κ1) is 45.2. The summed E-state index contributed by atoms with van der Waals surface area (Å²) in [7, 11) is -6.67. The lowest BCUT2D eigenvalue weighted by molar-refractivity contribution is -0.0617. The molecule has 8 aromatic rings. The smallest absolute Gasteiger partial charge is 0.285 e. The second kappa shape index (κ2) is 17.9. The van der Waals surface area contributed by atoms with E-state index in [1.165, 1.54) is 31.2 Å². The van der Waals surface area contributed by atoms with Gasteiger partial charge in [-0.15, -0.1) is 0 Å². The van der Waals surface area contributed by atoms with E-state index in [0.29, 0.717) is 59.9 Å². The highest BCUT2D eigenvalue weighted by Gasteiger charge is 2.34. The lowest BCUT2D eigenvalue weighted by atomic mass is 10.0. The quantitative estimate of drug-likeness (QED) is 0.116. The molecule has 0 spiro atoms. The number of alkyl halides is 4. The molecule has 0 aliphatic carbocycles. The van der Waals surface area contributed by atoms with Crippen LogP contribution in [0.15, 0.2) is 144 Å². The van der Waals surface area contributed by atoms with Gasteiger partial charge in [-0.05, 0) is 46.5 Å². The first-order valence-corrected chi connectivity index (χ1v) is 24.2. The summed E-state index contributed by atoms with van der Waals surface area (Å²) in [6, 6.07) is 25.6. The van der Waals surface area contributed by atoms with E-state index >= 15 is 0 Å². The molecular weight excluding hydrogens is 883 g/mol. The molecule has 65 heavy (non-hydrogen) atoms. The lowest BCUT2D eigenvalue weighted by Crippen LogP contribution is -2.42. The summed E-state index contributed by atoms with van der Waals surface area (Å²) in [4.78, 5) is 11.2. The fraction of sp³-hybridized carbons (Fsp3) is 0.234. The lowest BCUT2D eigenvalue weighted by Gasteiger charge is -2.30. The topological polar surface area (TPSA) is 141 Å². The van der Waals surface area contributed by atoms with E-state index in [-0.39, 0.29) is 33.9 Å². The summed E-state index contributed by atoms with van der Waals surface area (Å²) in [5.41, 5.74) is 6.79. The van der Waals surface area contributed by atoms with Crippen molar-refractivity contribution in [1.82, 2.24) is 34.1 Å². The average Bonchev–Trinajstić information content (AvgIpc) is 3.93. The number of hydrogen-bond acceptors (Lipinski definition) is 10. The van der Waals surface area contributed by atoms with Gasteiger partial charge in [0.25, 0.3) is 11.8 Å². The zero-order chi connectivity index (χ0) is 46.1. The fourth-order valence-electron chi connectivity index (χ4n) is 7.39. The largest absolute Gasteiger partial charge is 0.379 e. The number of fused-ring (bicyclic) bond motifs is 2. The predicted octanol–water partition coefficient (Wildman–Crippen LogP) is 8.86. The number of benzene rings is 4. The molecule has 1 aliphatic rings. The van der Waals surface area contributed by atoms with Crippen molar-refractivity contribution in [2.24, 2.45) is 0 Å². The van der Waals surface area contributed by atoms with E-state index in [0.717, 1.165) is 34.8 Å². The minimum Gasteiger partial charge on any atom is -0.379 e. The molecule has 18 heteroatoms. The monoisotopic (exact) mass is 925 g/mol. The number of aromatic nitrogens is 6. The molecule has 0 amide bonds. The van der Waals surface area contributed by atoms with Gasteiger partial charge in [0.05, 0.1) is 41.9 Å². The van der Waals surface area contributed by atoms with Gasteiger partial charge in [0.15, 0.2) is 31.0 Å². The SMILES string of the molecule is CCC(F)(F)c1ccc(-c2cnc3c(-c4cccc(S(C)(=O)=O)c4)cnn3c2)cc1.CS(=O)(=O)c1cccc(-c2cnn3cc(-c4ccc(C(F)(F)CN5CCOCC5)cc4)cnc23)c1. The number of nitrogens with zero attached hydrogens (tertiary/aromatic N) is 7. The zero-order valence-electron chi connectivity index (χ0n) is 35.4. The van der Waals surface area contributed by atoms with Crippen molar-refractivity contribution in [2.75, 3.05) is 45.4 Å². The summed E-state index contributed by atoms with van der Waals surface area (Å²) >= 11 is 0. The predicted molar refractivity (Wildman–Crippen MR) is 239 cm³/mol. The fourth-order valence-corrected chi connectivity index (χ4v) is 8.73. The standard InChI is InChI=1S/C25H24F2N4O3S.C22H19F2N3O2S/c1-35(32,33)22-4-2-3-19(13-22)23-15-29-31-16-20(14-28-24(23)31)18-5-7-21(8-6-18)25(26,27)17-30-9-11-34-12-10-30;1-3-22(23,24)18-9-7-15(8-10-18)17-12-25-21-20(13-26-27(21)14-17)16-5-4-6-19(11-16)30(2,28)29/h2-8,13-16H,9-12,17H2,1H3;4-14H,3H2,1-2H3. The van der Waals surface area contributed by atoms with Gasteiger partial charge in [-0.3, -0.25) is 4.90 Å². The minimum absolute atomic E-state index is 0.0186. The molecular formula is C47H43F4N7O5S2. The van der Waals surface area contributed by atoms with Crippen molar-refractivity contribution >= 4 is 31.0 Å². The zero-order valence-corrected chi connectivity index (χ0v) is 37.1. The van der Waals surface area contributed by atoms with Gasteiger partial charge >= 0.3 is 0 Å². The third-order valence-corrected chi connectivity index (χ3v) is 13.3. The van der Waals surface area contributed by atoms with Crippen LogP contribution in [0, 0.1) is 0 Å². The maximum atomic E-state index is 14.8. The van der Waals surface area contributed by atoms with Crippen molar-refractivity contribution in [1.29, 1.82) is 0 Å². The molecule has 0 radical (unpaired) electrons. The number of hydrogen-bond donors (Lipinski definition) is 0. The Morgan fingerprint density at radius 3 is 1.42 bits per heavy atom. The van der Waals surface area contributed by atoms with Crippen LogP contribution in [0.2, 0.25) is 0 Å². The normalized spacial score (nSPS) is 14.1. The molecule has 0 unspecified atom stereocenters. The summed E-state index contributed by atoms with van der Waals surface area (Å²) in [6.07, 6.45) is 12.2. The molecule has 0 atom stereocenters. The maximum absolute atomic E-state index is 14.8. The Bertz CT molecular complexity index is 3230. The van der Waals surface area contributed by atoms with Crippen molar-refractivity contribution in [3.63, 3.8) is 0 Å². The molecule has 336 valence electrons. The van der Waals surface area contributed by atoms with Gasteiger partial charge < -0.3 is 4.74 Å². The molecule has 9 rings (SSSR count). The molecule has 0 N–H and O–H groups in total. The Balaban J connectivity index is 0.000000179. The molecule has 0 saturated carbocycles. The van der Waals surface area contributed by atoms with Gasteiger partial charge in [0.1, 0.15) is 0 Å². The average molecular weight is 926 g/mol. The highest BCUT2D eigenvalue weighted by Crippen LogP contribution is 2.35. The number of sulfone groups is 2. The highest BCUT2D eigenvalue weighted by molar-refractivity contribution is 7.91. The summed E-state index contributed by atoms with van der Waals surface area (Å²) in [5.74, 6) is -5.81. The Morgan fingerprint density at radius 2 is 1.00 bits per heavy atom. The van der Waals surface area contributed by atoms with Gasteiger partial charge in [-0.25, -0.2) is 44.6 Å². The molecule has 1 saturated heterocycles. The molecule has 12 nitrogen and oxygen atoms in total. The van der Waals surface area contributed by atoms with Gasteiger partial charge in [0.2, 0.25) is 0 Å². The molecule has 4 aromatic carbocycles. The molecule has 5 heterocycles. The summed E-state index contributed by atoms with van der Waals surface area (Å²) < 4.78 is 113. The van der Waals surface area contributed by atoms with Crippen LogP contribution in [-0.4, -0.2) is 96.3 Å². The first-order chi connectivity index (χ1) is 30.9. The van der Waals surface area contributed by atoms with E-state index in [1.54, 1.807) is 124 Å². The molecule has 1 aliphatic heterocycles. The highest BCUT2D eigenvalue weighted by atomic mass is 32.2. The van der Waals surface area contributed by atoms with Crippen LogP contribution >= 0.6 is 0 Å². The van der Waals surface area contributed by atoms with E-state index in [1.807, 2.05) is 0 Å². The summed E-state index contributed by atoms with van der Waals surface area (Å²) in [5, 5.41) is 8.69. The van der Waals surface area contributed by atoms with E-state index in [2.05, 4.69) is 20.2 Å². The van der Waals surface area contributed by atoms with Crippen LogP contribution in [0.1, 0.15) is 24.5 Å². The van der Waals surface area contributed by atoms with Crippen molar-refractivity contribution < 1.29 is 39.1 Å². The van der Waals surface area contributed by atoms with Crippen LogP contribution in [0.4, 0.5) is 17.6 Å². The second-order valence-electron chi connectivity index (χ2n) is 15.7. The van der Waals surface area contributed by atoms with Crippen LogP contribution in [0.25, 0.3) is 55.8 Å². The number of morpholine rings is 1. The first-order valence-electron chi connectivity index (χ1n) is 20.4. The molecule has 0 bridgehead atoms. The van der Waals surface area contributed by atoms with E-state index in [9.17, 15) is 34.4 Å². The Morgan fingerprint density at radius 1 is 0.569 bits per heavy atom. The molecule has 4 aromatic heterocycles. The Hall–Kier alpha value is -6.34. The maximum Gasteiger partial charge on any atom is 0.285 e. The van der Waals surface area contributed by atoms with Crippen molar-refractivity contribution in [2.45, 2.75) is 35.0 Å². The number of rotatable bonds is 11. The number of halogens is 4. The van der Waals surface area contributed by atoms with Crippen LogP contribution in [0.5, 0.6) is 0 Å². The third kappa shape index (κ3) is 10.00. The third-order valence-electron chi connectivity index (χ3n) is 11.1. The van der Waals surface area contributed by atoms with Crippen LogP contribution in [0.3, 0.4) is 0 Å². The Labute approximate surface area is 373 Å². The van der Waals surface area contributed by atoms with Crippen molar-refractivity contribution in [3.8, 4) is 44.5 Å². The van der Waals surface area contributed by atoms with Gasteiger partial charge in [-0.2, -0.15) is 19.0 Å². The molecule has 1 fully saturated rings. The van der Waals surface area contributed by atoms with Gasteiger partial charge in [-0.1, -0.05) is 79.7 Å². The summed E-state index contributed by atoms with van der Waals surface area (Å²) in [6.45, 7) is 3.07. The second-order valence-corrected chi connectivity index (χ2v) is 19.8. The number of ether oxygens (including phenoxy) is 1. The minimum atomic E-state index is -3.34. The van der Waals surface area contributed by atoms with Crippen molar-refractivity contribution in [3.05, 3.63) is 145 Å². The van der Waals surface area contributed by atoms with E-state index < -0.39 is 31.5 Å². The van der Waals surface area contributed by atoms with Crippen LogP contribution in [-0.2, 0) is 36.3 Å². The van der Waals surface area contributed by atoms with Gasteiger partial charge in [0, 0.05) is 90.2 Å².